The molecule has 0 aliphatic carbocycles. The van der Waals surface area contributed by atoms with E-state index >= 15 is 0 Å². The number of benzene rings is 3. The summed E-state index contributed by atoms with van der Waals surface area (Å²) in [5.41, 5.74) is 6.77. The number of rotatable bonds is 5. The van der Waals surface area contributed by atoms with Gasteiger partial charge in [-0.1, -0.05) is 49.4 Å². The molecule has 8 heteroatoms. The Morgan fingerprint density at radius 2 is 1.62 bits per heavy atom. The van der Waals surface area contributed by atoms with Gasteiger partial charge in [0.05, 0.1) is 0 Å². The predicted octanol–water partition coefficient (Wildman–Crippen LogP) is 3.54. The highest BCUT2D eigenvalue weighted by Crippen LogP contribution is 2.19. The van der Waals surface area contributed by atoms with Crippen molar-refractivity contribution in [1.29, 1.82) is 0 Å². The molecule has 0 aliphatic heterocycles. The number of hydrogen-bond acceptors (Lipinski definition) is 4. The fraction of sp³-hybridized carbons (Fsp3) is 0.0833. The highest BCUT2D eigenvalue weighted by atomic mass is 32.1. The molecule has 0 fully saturated rings. The summed E-state index contributed by atoms with van der Waals surface area (Å²) >= 11 is 5.05. The monoisotopic (exact) mass is 446 g/mol. The van der Waals surface area contributed by atoms with Crippen molar-refractivity contribution in [2.45, 2.75) is 13.3 Å². The van der Waals surface area contributed by atoms with Gasteiger partial charge in [0, 0.05) is 23.7 Å². The molecule has 3 rings (SSSR count). The van der Waals surface area contributed by atoms with Gasteiger partial charge >= 0.3 is 0 Å². The van der Waals surface area contributed by atoms with Crippen molar-refractivity contribution in [2.24, 2.45) is 0 Å². The summed E-state index contributed by atoms with van der Waals surface area (Å²) in [5.74, 6) is -0.985. The summed E-state index contributed by atoms with van der Waals surface area (Å²) in [6, 6.07) is 20.1. The van der Waals surface area contributed by atoms with Gasteiger partial charge in [-0.15, -0.1) is 0 Å². The molecule has 4 N–H and O–H groups in total. The normalized spacial score (nSPS) is 10.5. The van der Waals surface area contributed by atoms with Crippen molar-refractivity contribution in [2.75, 3.05) is 5.32 Å². The van der Waals surface area contributed by atoms with Crippen LogP contribution in [0, 0.1) is 0 Å². The van der Waals surface area contributed by atoms with Crippen LogP contribution in [-0.2, 0) is 9.59 Å². The summed E-state index contributed by atoms with van der Waals surface area (Å²) in [6.07, 6.45) is 3.45. The third-order valence-corrected chi connectivity index (χ3v) is 4.72. The van der Waals surface area contributed by atoms with E-state index in [-0.39, 0.29) is 11.0 Å². The predicted molar refractivity (Wildman–Crippen MR) is 130 cm³/mol. The highest BCUT2D eigenvalue weighted by Gasteiger charge is 2.08. The summed E-state index contributed by atoms with van der Waals surface area (Å²) in [4.78, 5) is 35.8. The Hall–Kier alpha value is -4.04. The first-order valence-corrected chi connectivity index (χ1v) is 10.3. The lowest BCUT2D eigenvalue weighted by molar-refractivity contribution is -0.116. The van der Waals surface area contributed by atoms with E-state index in [9.17, 15) is 14.4 Å². The van der Waals surface area contributed by atoms with Gasteiger partial charge in [-0.2, -0.15) is 0 Å². The van der Waals surface area contributed by atoms with E-state index in [1.165, 1.54) is 6.08 Å². The zero-order chi connectivity index (χ0) is 22.9. The second kappa shape index (κ2) is 10.8. The Morgan fingerprint density at radius 3 is 2.38 bits per heavy atom. The van der Waals surface area contributed by atoms with Crippen molar-refractivity contribution in [3.05, 3.63) is 83.9 Å². The Kier molecular flexibility index (Phi) is 7.66. The van der Waals surface area contributed by atoms with E-state index in [0.29, 0.717) is 17.7 Å². The maximum absolute atomic E-state index is 12.2. The zero-order valence-electron chi connectivity index (χ0n) is 17.3. The van der Waals surface area contributed by atoms with E-state index in [4.69, 9.17) is 12.2 Å². The lowest BCUT2D eigenvalue weighted by atomic mass is 10.0. The van der Waals surface area contributed by atoms with Crippen LogP contribution in [0.5, 0.6) is 0 Å². The minimum Gasteiger partial charge on any atom is -0.326 e. The van der Waals surface area contributed by atoms with Crippen molar-refractivity contribution in [3.8, 4) is 0 Å². The first-order valence-electron chi connectivity index (χ1n) is 9.93. The largest absolute Gasteiger partial charge is 0.326 e. The average molecular weight is 447 g/mol. The third-order valence-electron chi connectivity index (χ3n) is 4.52. The topological polar surface area (TPSA) is 99.3 Å². The molecule has 0 aliphatic rings. The fourth-order valence-corrected chi connectivity index (χ4v) is 3.04. The van der Waals surface area contributed by atoms with Crippen molar-refractivity contribution >= 4 is 57.6 Å². The van der Waals surface area contributed by atoms with Crippen LogP contribution in [-0.4, -0.2) is 22.8 Å². The molecule has 0 aromatic heterocycles. The lowest BCUT2D eigenvalue weighted by Gasteiger charge is -2.10. The van der Waals surface area contributed by atoms with E-state index in [2.05, 4.69) is 21.5 Å². The third kappa shape index (κ3) is 6.23. The molecular formula is C24H22N4O3S. The molecule has 0 spiro atoms. The molecule has 0 radical (unpaired) electrons. The van der Waals surface area contributed by atoms with Crippen LogP contribution in [0.4, 0.5) is 5.69 Å². The standard InChI is InChI=1S/C24H22N4O3S/c1-2-21(29)25-19-13-10-18(11-14-19)23(31)27-28-24(32)26-22(30)15-12-17-8-5-7-16-6-3-4-9-20(16)17/h3-15H,2H2,1H3,(H,25,29)(H,27,31)(H2,26,28,30,32)/b15-12+. The van der Waals surface area contributed by atoms with Crippen molar-refractivity contribution in [1.82, 2.24) is 16.2 Å². The Labute approximate surface area is 190 Å². The summed E-state index contributed by atoms with van der Waals surface area (Å²) in [5, 5.41) is 7.25. The first-order chi connectivity index (χ1) is 15.5. The SMILES string of the molecule is CCC(=O)Nc1ccc(C(=O)NNC(=S)NC(=O)/C=C/c2cccc3ccccc23)cc1. The number of carbonyl (C=O) groups excluding carboxylic acids is 3. The Morgan fingerprint density at radius 1 is 0.906 bits per heavy atom. The Bertz CT molecular complexity index is 1180. The number of carbonyl (C=O) groups is 3. The van der Waals surface area contributed by atoms with Gasteiger partial charge in [0.2, 0.25) is 11.8 Å². The summed E-state index contributed by atoms with van der Waals surface area (Å²) < 4.78 is 0. The van der Waals surface area contributed by atoms with Crippen LogP contribution in [0.2, 0.25) is 0 Å². The number of fused-ring (bicyclic) bond motifs is 1. The van der Waals surface area contributed by atoms with E-state index in [1.807, 2.05) is 42.5 Å². The van der Waals surface area contributed by atoms with Crippen LogP contribution in [0.15, 0.2) is 72.8 Å². The van der Waals surface area contributed by atoms with Gasteiger partial charge in [-0.05, 0) is 58.9 Å². The van der Waals surface area contributed by atoms with Crippen molar-refractivity contribution in [3.63, 3.8) is 0 Å². The van der Waals surface area contributed by atoms with Crippen LogP contribution >= 0.6 is 12.2 Å². The maximum Gasteiger partial charge on any atom is 0.269 e. The van der Waals surface area contributed by atoms with Crippen LogP contribution in [0.3, 0.4) is 0 Å². The Balaban J connectivity index is 1.49. The maximum atomic E-state index is 12.2. The molecule has 162 valence electrons. The summed E-state index contributed by atoms with van der Waals surface area (Å²) in [6.45, 7) is 1.75. The van der Waals surface area contributed by atoms with Crippen molar-refractivity contribution < 1.29 is 14.4 Å². The molecule has 0 unspecified atom stereocenters. The second-order valence-electron chi connectivity index (χ2n) is 6.78. The number of amides is 3. The van der Waals surface area contributed by atoms with Gasteiger partial charge in [-0.25, -0.2) is 0 Å². The minimum atomic E-state index is -0.443. The van der Waals surface area contributed by atoms with E-state index < -0.39 is 11.8 Å². The molecule has 0 bridgehead atoms. The highest BCUT2D eigenvalue weighted by molar-refractivity contribution is 7.80. The van der Waals surface area contributed by atoms with Gasteiger partial charge in [0.25, 0.3) is 5.91 Å². The molecule has 0 saturated heterocycles. The molecule has 7 nitrogen and oxygen atoms in total. The van der Waals surface area contributed by atoms with Gasteiger partial charge in [-0.3, -0.25) is 30.6 Å². The minimum absolute atomic E-state index is 0.0438. The first kappa shape index (κ1) is 22.6. The van der Waals surface area contributed by atoms with Gasteiger partial charge in [0.15, 0.2) is 5.11 Å². The molecule has 32 heavy (non-hydrogen) atoms. The molecule has 3 amide bonds. The molecular weight excluding hydrogens is 424 g/mol. The zero-order valence-corrected chi connectivity index (χ0v) is 18.2. The molecule has 3 aromatic rings. The number of thiocarbonyl (C=S) groups is 1. The average Bonchev–Trinajstić information content (AvgIpc) is 2.81. The molecule has 0 atom stereocenters. The molecule has 0 heterocycles. The number of hydrazine groups is 1. The number of hydrogen-bond donors (Lipinski definition) is 4. The second-order valence-corrected chi connectivity index (χ2v) is 7.19. The van der Waals surface area contributed by atoms with Gasteiger partial charge in [0.1, 0.15) is 0 Å². The van der Waals surface area contributed by atoms with E-state index in [0.717, 1.165) is 16.3 Å². The van der Waals surface area contributed by atoms with Gasteiger partial charge < -0.3 is 5.32 Å². The lowest BCUT2D eigenvalue weighted by Crippen LogP contribution is -2.48. The quantitative estimate of drug-likeness (QED) is 0.273. The van der Waals surface area contributed by atoms with Crippen LogP contribution in [0.25, 0.3) is 16.8 Å². The smallest absolute Gasteiger partial charge is 0.269 e. The van der Waals surface area contributed by atoms with E-state index in [1.54, 1.807) is 37.3 Å². The fourth-order valence-electron chi connectivity index (χ4n) is 2.89. The number of anilines is 1. The molecule has 0 saturated carbocycles. The molecule has 3 aromatic carbocycles. The van der Waals surface area contributed by atoms with Crippen LogP contribution in [0.1, 0.15) is 29.3 Å². The summed E-state index contributed by atoms with van der Waals surface area (Å²) in [7, 11) is 0. The van der Waals surface area contributed by atoms with Crippen LogP contribution < -0.4 is 21.5 Å². The number of nitrogens with one attached hydrogen (secondary N) is 4.